The third-order valence-corrected chi connectivity index (χ3v) is 6.09. The number of unbranched alkanes of at least 4 members (excludes halogenated alkanes) is 15. The lowest BCUT2D eigenvalue weighted by atomic mass is 10.0. The molecule has 0 aliphatic rings. The van der Waals surface area contributed by atoms with Gasteiger partial charge in [-0.05, 0) is 6.42 Å². The van der Waals surface area contributed by atoms with Gasteiger partial charge in [0.15, 0.2) is 5.85 Å². The number of rotatable bonds is 21. The van der Waals surface area contributed by atoms with Gasteiger partial charge in [0.1, 0.15) is 0 Å². The Balaban J connectivity index is 3.10. The van der Waals surface area contributed by atoms with E-state index < -0.39 is 13.4 Å². The smallest absolute Gasteiger partial charge is 0.353 e. The molecule has 1 unspecified atom stereocenters. The van der Waals surface area contributed by atoms with Crippen molar-refractivity contribution in [3.63, 3.8) is 0 Å². The first kappa shape index (κ1) is 27.1. The van der Waals surface area contributed by atoms with Crippen LogP contribution in [0.15, 0.2) is 0 Å². The van der Waals surface area contributed by atoms with Crippen LogP contribution in [0, 0.1) is 0 Å². The van der Waals surface area contributed by atoms with Gasteiger partial charge in [-0.1, -0.05) is 103 Å². The molecule has 0 aliphatic heterocycles. The maximum absolute atomic E-state index is 10.7. The van der Waals surface area contributed by atoms with E-state index in [4.69, 9.17) is 14.5 Å². The molecule has 6 heteroatoms. The molecule has 27 heavy (non-hydrogen) atoms. The summed E-state index contributed by atoms with van der Waals surface area (Å²) in [7, 11) is -4.38. The fourth-order valence-electron chi connectivity index (χ4n) is 3.21. The summed E-state index contributed by atoms with van der Waals surface area (Å²) in [6.07, 6.45) is 21.3. The average molecular weight is 409 g/mol. The number of aliphatic hydroxyl groups excluding tert-OH is 1. The minimum atomic E-state index is -4.38. The van der Waals surface area contributed by atoms with Gasteiger partial charge in [-0.3, -0.25) is 4.57 Å². The molecule has 5 nitrogen and oxygen atoms in total. The number of hydrogen-bond donors (Lipinski definition) is 3. The molecule has 0 spiro atoms. The first-order chi connectivity index (χ1) is 13.0. The molecule has 0 saturated heterocycles. The van der Waals surface area contributed by atoms with Crippen molar-refractivity contribution in [2.45, 2.75) is 122 Å². The molecular weight excluding hydrogens is 363 g/mol. The van der Waals surface area contributed by atoms with E-state index in [9.17, 15) is 9.67 Å². The Morgan fingerprint density at radius 2 is 1.04 bits per heavy atom. The second kappa shape index (κ2) is 19.4. The maximum atomic E-state index is 10.7. The summed E-state index contributed by atoms with van der Waals surface area (Å²) in [5.41, 5.74) is 0. The first-order valence-electron chi connectivity index (χ1n) is 11.3. The topological polar surface area (TPSA) is 87.0 Å². The van der Waals surface area contributed by atoms with Crippen molar-refractivity contribution in [3.05, 3.63) is 0 Å². The second-order valence-electron chi connectivity index (χ2n) is 7.77. The van der Waals surface area contributed by atoms with Crippen LogP contribution >= 0.6 is 7.60 Å². The molecule has 0 bridgehead atoms. The largest absolute Gasteiger partial charge is 0.381 e. The highest BCUT2D eigenvalue weighted by Gasteiger charge is 2.25. The molecule has 1 atom stereocenters. The molecule has 0 radical (unpaired) electrons. The molecule has 0 saturated carbocycles. The molecule has 3 N–H and O–H groups in total. The Hall–Kier alpha value is 0.0700. The van der Waals surface area contributed by atoms with Gasteiger partial charge in [-0.2, -0.15) is 0 Å². The average Bonchev–Trinajstić information content (AvgIpc) is 2.62. The number of ether oxygens (including phenoxy) is 1. The van der Waals surface area contributed by atoms with Gasteiger partial charge < -0.3 is 19.6 Å². The highest BCUT2D eigenvalue weighted by molar-refractivity contribution is 7.52. The van der Waals surface area contributed by atoms with E-state index in [1.54, 1.807) is 0 Å². The van der Waals surface area contributed by atoms with Crippen LogP contribution in [0.5, 0.6) is 0 Å². The molecule has 0 aromatic rings. The molecule has 0 aromatic carbocycles. The van der Waals surface area contributed by atoms with Crippen molar-refractivity contribution in [2.24, 2.45) is 0 Å². The van der Waals surface area contributed by atoms with Crippen molar-refractivity contribution in [1.82, 2.24) is 0 Å². The van der Waals surface area contributed by atoms with Gasteiger partial charge in [0, 0.05) is 19.6 Å². The highest BCUT2D eigenvalue weighted by atomic mass is 31.2. The molecule has 0 aliphatic carbocycles. The Morgan fingerprint density at radius 3 is 1.41 bits per heavy atom. The molecular formula is C21H45O5P. The normalized spacial score (nSPS) is 13.2. The van der Waals surface area contributed by atoms with Crippen molar-refractivity contribution in [1.29, 1.82) is 0 Å². The molecule has 0 fully saturated rings. The lowest BCUT2D eigenvalue weighted by molar-refractivity contribution is 0.0954. The van der Waals surface area contributed by atoms with E-state index in [-0.39, 0.29) is 13.0 Å². The summed E-state index contributed by atoms with van der Waals surface area (Å²) in [4.78, 5) is 17.5. The Kier molecular flexibility index (Phi) is 19.4. The Morgan fingerprint density at radius 1 is 0.667 bits per heavy atom. The van der Waals surface area contributed by atoms with Gasteiger partial charge in [0.2, 0.25) is 0 Å². The molecule has 0 heterocycles. The zero-order chi connectivity index (χ0) is 20.2. The maximum Gasteiger partial charge on any atom is 0.353 e. The molecule has 0 amide bonds. The Labute approximate surface area is 167 Å². The standard InChI is InChI=1S/C21H45O5P/c1-2-3-4-5-6-7-8-9-10-11-12-13-14-15-16-17-19-26-20-18-21(22)27(23,24)25/h21-22H,2-20H2,1H3,(H2,23,24,25). The minimum Gasteiger partial charge on any atom is -0.381 e. The van der Waals surface area contributed by atoms with E-state index in [0.29, 0.717) is 6.61 Å². The van der Waals surface area contributed by atoms with E-state index in [0.717, 1.165) is 12.8 Å². The van der Waals surface area contributed by atoms with Gasteiger partial charge in [0.25, 0.3) is 0 Å². The van der Waals surface area contributed by atoms with E-state index in [2.05, 4.69) is 6.92 Å². The summed E-state index contributed by atoms with van der Waals surface area (Å²) in [6.45, 7) is 3.07. The summed E-state index contributed by atoms with van der Waals surface area (Å²) in [6, 6.07) is 0. The Bertz CT molecular complexity index is 345. The van der Waals surface area contributed by atoms with Crippen LogP contribution in [0.4, 0.5) is 0 Å². The highest BCUT2D eigenvalue weighted by Crippen LogP contribution is 2.40. The van der Waals surface area contributed by atoms with Crippen molar-refractivity contribution < 1.29 is 24.2 Å². The SMILES string of the molecule is CCCCCCCCCCCCCCCCCCOCCC(O)P(=O)(O)O. The monoisotopic (exact) mass is 408 g/mol. The van der Waals surface area contributed by atoms with Crippen LogP contribution in [0.3, 0.4) is 0 Å². The second-order valence-corrected chi connectivity index (χ2v) is 9.55. The molecule has 0 rings (SSSR count). The van der Waals surface area contributed by atoms with Crippen LogP contribution in [0.2, 0.25) is 0 Å². The van der Waals surface area contributed by atoms with Crippen molar-refractivity contribution in [2.75, 3.05) is 13.2 Å². The fourth-order valence-corrected chi connectivity index (χ4v) is 3.65. The zero-order valence-electron chi connectivity index (χ0n) is 17.6. The van der Waals surface area contributed by atoms with E-state index >= 15 is 0 Å². The van der Waals surface area contributed by atoms with Gasteiger partial charge >= 0.3 is 7.60 Å². The van der Waals surface area contributed by atoms with Crippen LogP contribution in [0.1, 0.15) is 116 Å². The summed E-state index contributed by atoms with van der Waals surface area (Å²) >= 11 is 0. The quantitative estimate of drug-likeness (QED) is 0.157. The lowest BCUT2D eigenvalue weighted by Crippen LogP contribution is -2.11. The number of hydrogen-bond acceptors (Lipinski definition) is 3. The van der Waals surface area contributed by atoms with E-state index in [1.165, 1.54) is 89.9 Å². The van der Waals surface area contributed by atoms with Crippen LogP contribution in [-0.4, -0.2) is 34.0 Å². The van der Waals surface area contributed by atoms with Crippen LogP contribution in [0.25, 0.3) is 0 Å². The summed E-state index contributed by atoms with van der Waals surface area (Å²) in [5.74, 6) is -1.59. The third-order valence-electron chi connectivity index (χ3n) is 5.05. The van der Waals surface area contributed by atoms with Crippen LogP contribution in [-0.2, 0) is 9.30 Å². The van der Waals surface area contributed by atoms with Gasteiger partial charge in [0.05, 0.1) is 0 Å². The van der Waals surface area contributed by atoms with Crippen LogP contribution < -0.4 is 0 Å². The third kappa shape index (κ3) is 20.6. The molecule has 0 aromatic heterocycles. The predicted octanol–water partition coefficient (Wildman–Crippen LogP) is 6.15. The summed E-state index contributed by atoms with van der Waals surface area (Å²) < 4.78 is 16.1. The first-order valence-corrected chi connectivity index (χ1v) is 13.0. The molecule has 164 valence electrons. The van der Waals surface area contributed by atoms with Gasteiger partial charge in [-0.15, -0.1) is 0 Å². The van der Waals surface area contributed by atoms with E-state index in [1.807, 2.05) is 0 Å². The zero-order valence-corrected chi connectivity index (χ0v) is 18.5. The van der Waals surface area contributed by atoms with Crippen molar-refractivity contribution >= 4 is 7.60 Å². The lowest BCUT2D eigenvalue weighted by Gasteiger charge is -2.12. The van der Waals surface area contributed by atoms with Crippen molar-refractivity contribution in [3.8, 4) is 0 Å². The predicted molar refractivity (Wildman–Crippen MR) is 113 cm³/mol. The number of aliphatic hydroxyl groups is 1. The minimum absolute atomic E-state index is 0.0108. The van der Waals surface area contributed by atoms with Gasteiger partial charge in [-0.25, -0.2) is 0 Å². The summed E-state index contributed by atoms with van der Waals surface area (Å²) in [5, 5.41) is 9.19. The fraction of sp³-hybridized carbons (Fsp3) is 1.00.